The van der Waals surface area contributed by atoms with Crippen LogP contribution in [0.1, 0.15) is 40.0 Å². The summed E-state index contributed by atoms with van der Waals surface area (Å²) in [6, 6.07) is -0.252. The monoisotopic (exact) mass is 268 g/mol. The van der Waals surface area contributed by atoms with Crippen molar-refractivity contribution in [1.82, 2.24) is 10.2 Å². The first-order valence-electron chi connectivity index (χ1n) is 7.20. The minimum absolute atomic E-state index is 0.0203. The zero-order valence-corrected chi connectivity index (χ0v) is 12.0. The lowest BCUT2D eigenvalue weighted by atomic mass is 10.0. The minimum Gasteiger partial charge on any atom is -0.376 e. The molecule has 5 heteroatoms. The van der Waals surface area contributed by atoms with Gasteiger partial charge in [-0.25, -0.2) is 0 Å². The highest BCUT2D eigenvalue weighted by molar-refractivity contribution is 5.90. The molecule has 108 valence electrons. The van der Waals surface area contributed by atoms with Gasteiger partial charge in [0.1, 0.15) is 6.04 Å². The fraction of sp³-hybridized carbons (Fsp3) is 0.857. The molecule has 0 aromatic heterocycles. The molecule has 3 atom stereocenters. The zero-order chi connectivity index (χ0) is 14.0. The van der Waals surface area contributed by atoms with Crippen LogP contribution < -0.4 is 5.32 Å². The molecule has 2 aliphatic heterocycles. The number of amides is 2. The fourth-order valence-electron chi connectivity index (χ4n) is 2.95. The number of hydrogen-bond acceptors (Lipinski definition) is 3. The molecular formula is C14H24N2O3. The second-order valence-corrected chi connectivity index (χ2v) is 5.96. The molecule has 0 radical (unpaired) electrons. The quantitative estimate of drug-likeness (QED) is 0.828. The maximum atomic E-state index is 12.6. The van der Waals surface area contributed by atoms with Gasteiger partial charge in [0, 0.05) is 19.6 Å². The van der Waals surface area contributed by atoms with E-state index in [1.807, 2.05) is 11.8 Å². The molecule has 3 unspecified atom stereocenters. The highest BCUT2D eigenvalue weighted by Gasteiger charge is 2.38. The third-order valence-electron chi connectivity index (χ3n) is 3.94. The Kier molecular flexibility index (Phi) is 4.45. The van der Waals surface area contributed by atoms with Crippen LogP contribution in [0.15, 0.2) is 0 Å². The van der Waals surface area contributed by atoms with Crippen LogP contribution in [0, 0.1) is 5.92 Å². The van der Waals surface area contributed by atoms with Crippen molar-refractivity contribution in [1.29, 1.82) is 0 Å². The molecule has 5 nitrogen and oxygen atoms in total. The van der Waals surface area contributed by atoms with Crippen LogP contribution in [0.2, 0.25) is 0 Å². The molecule has 0 bridgehead atoms. The van der Waals surface area contributed by atoms with E-state index in [1.165, 1.54) is 0 Å². The van der Waals surface area contributed by atoms with Crippen molar-refractivity contribution in [2.24, 2.45) is 5.92 Å². The number of hydrogen-bond donors (Lipinski definition) is 1. The molecule has 2 heterocycles. The van der Waals surface area contributed by atoms with Crippen LogP contribution in [-0.2, 0) is 14.3 Å². The predicted molar refractivity (Wildman–Crippen MR) is 71.5 cm³/mol. The summed E-state index contributed by atoms with van der Waals surface area (Å²) in [6.07, 6.45) is 2.03. The summed E-state index contributed by atoms with van der Waals surface area (Å²) in [5.74, 6) is 0.418. The lowest BCUT2D eigenvalue weighted by molar-refractivity contribution is -0.136. The summed E-state index contributed by atoms with van der Waals surface area (Å²) < 4.78 is 5.55. The van der Waals surface area contributed by atoms with Crippen molar-refractivity contribution in [3.05, 3.63) is 0 Å². The first kappa shape index (κ1) is 14.3. The first-order chi connectivity index (χ1) is 8.99. The third kappa shape index (κ3) is 3.26. The summed E-state index contributed by atoms with van der Waals surface area (Å²) in [7, 11) is 0. The van der Waals surface area contributed by atoms with Gasteiger partial charge in [-0.2, -0.15) is 0 Å². The predicted octanol–water partition coefficient (Wildman–Crippen LogP) is 0.927. The van der Waals surface area contributed by atoms with Gasteiger partial charge in [0.25, 0.3) is 0 Å². The smallest absolute Gasteiger partial charge is 0.245 e. The third-order valence-corrected chi connectivity index (χ3v) is 3.94. The molecular weight excluding hydrogens is 244 g/mol. The van der Waals surface area contributed by atoms with Gasteiger partial charge in [-0.15, -0.1) is 0 Å². The maximum absolute atomic E-state index is 12.6. The molecule has 2 rings (SSSR count). The summed E-state index contributed by atoms with van der Waals surface area (Å²) in [5, 5.41) is 2.86. The Morgan fingerprint density at radius 1 is 1.42 bits per heavy atom. The average molecular weight is 268 g/mol. The van der Waals surface area contributed by atoms with Gasteiger partial charge in [-0.3, -0.25) is 9.59 Å². The van der Waals surface area contributed by atoms with E-state index < -0.39 is 0 Å². The van der Waals surface area contributed by atoms with E-state index in [0.29, 0.717) is 31.9 Å². The number of nitrogens with zero attached hydrogens (tertiary/aromatic N) is 1. The van der Waals surface area contributed by atoms with E-state index >= 15 is 0 Å². The molecule has 0 aromatic rings. The SMILES string of the molecule is CC(C)CC1NC(=O)CCN(C2CCOC2C)C1=O. The van der Waals surface area contributed by atoms with Crippen molar-refractivity contribution in [3.63, 3.8) is 0 Å². The fourth-order valence-corrected chi connectivity index (χ4v) is 2.95. The Bertz CT molecular complexity index is 357. The normalized spacial score (nSPS) is 32.6. The van der Waals surface area contributed by atoms with Crippen molar-refractivity contribution >= 4 is 11.8 Å². The van der Waals surface area contributed by atoms with Crippen molar-refractivity contribution < 1.29 is 14.3 Å². The van der Waals surface area contributed by atoms with Gasteiger partial charge in [0.15, 0.2) is 0 Å². The number of ether oxygens (including phenoxy) is 1. The van der Waals surface area contributed by atoms with Crippen LogP contribution in [0.4, 0.5) is 0 Å². The molecule has 2 saturated heterocycles. The Hall–Kier alpha value is -1.10. The topological polar surface area (TPSA) is 58.6 Å². The molecule has 0 aromatic carbocycles. The van der Waals surface area contributed by atoms with Crippen molar-refractivity contribution in [3.8, 4) is 0 Å². The maximum Gasteiger partial charge on any atom is 0.245 e. The van der Waals surface area contributed by atoms with Crippen molar-refractivity contribution in [2.45, 2.75) is 58.2 Å². The number of rotatable bonds is 3. The van der Waals surface area contributed by atoms with E-state index in [2.05, 4.69) is 19.2 Å². The zero-order valence-electron chi connectivity index (χ0n) is 12.0. The van der Waals surface area contributed by atoms with Gasteiger partial charge in [-0.1, -0.05) is 13.8 Å². The molecule has 1 N–H and O–H groups in total. The first-order valence-corrected chi connectivity index (χ1v) is 7.20. The Balaban J connectivity index is 2.13. The van der Waals surface area contributed by atoms with Crippen LogP contribution in [0.25, 0.3) is 0 Å². The summed E-state index contributed by atoms with van der Waals surface area (Å²) >= 11 is 0. The molecule has 2 fully saturated rings. The van der Waals surface area contributed by atoms with E-state index in [9.17, 15) is 9.59 Å². The Morgan fingerprint density at radius 3 is 2.74 bits per heavy atom. The largest absolute Gasteiger partial charge is 0.376 e. The summed E-state index contributed by atoms with van der Waals surface area (Å²) in [4.78, 5) is 26.2. The van der Waals surface area contributed by atoms with Gasteiger partial charge in [-0.05, 0) is 25.7 Å². The van der Waals surface area contributed by atoms with E-state index in [-0.39, 0.29) is 30.0 Å². The minimum atomic E-state index is -0.372. The molecule has 2 amide bonds. The van der Waals surface area contributed by atoms with Gasteiger partial charge in [0.05, 0.1) is 12.1 Å². The lowest BCUT2D eigenvalue weighted by Crippen LogP contribution is -2.50. The second-order valence-electron chi connectivity index (χ2n) is 5.96. The van der Waals surface area contributed by atoms with Crippen LogP contribution in [-0.4, -0.2) is 48.1 Å². The Labute approximate surface area is 114 Å². The van der Waals surface area contributed by atoms with E-state index in [1.54, 1.807) is 0 Å². The molecule has 19 heavy (non-hydrogen) atoms. The summed E-state index contributed by atoms with van der Waals surface area (Å²) in [5.41, 5.74) is 0. The highest BCUT2D eigenvalue weighted by Crippen LogP contribution is 2.23. The second kappa shape index (κ2) is 5.90. The number of carbonyl (C=O) groups is 2. The van der Waals surface area contributed by atoms with E-state index in [4.69, 9.17) is 4.74 Å². The standard InChI is InChI=1S/C14H24N2O3/c1-9(2)8-11-14(18)16(6-4-13(17)15-11)12-5-7-19-10(12)3/h9-12H,4-8H2,1-3H3,(H,15,17). The van der Waals surface area contributed by atoms with Gasteiger partial charge in [0.2, 0.25) is 11.8 Å². The molecule has 0 aliphatic carbocycles. The van der Waals surface area contributed by atoms with Crippen LogP contribution in [0.5, 0.6) is 0 Å². The molecule has 0 spiro atoms. The van der Waals surface area contributed by atoms with E-state index in [0.717, 1.165) is 6.42 Å². The highest BCUT2D eigenvalue weighted by atomic mass is 16.5. The Morgan fingerprint density at radius 2 is 2.16 bits per heavy atom. The average Bonchev–Trinajstić information content (AvgIpc) is 2.69. The van der Waals surface area contributed by atoms with Crippen LogP contribution in [0.3, 0.4) is 0 Å². The van der Waals surface area contributed by atoms with Crippen molar-refractivity contribution in [2.75, 3.05) is 13.2 Å². The number of nitrogens with one attached hydrogen (secondary N) is 1. The molecule has 2 aliphatic rings. The lowest BCUT2D eigenvalue weighted by Gasteiger charge is -2.31. The summed E-state index contributed by atoms with van der Waals surface area (Å²) in [6.45, 7) is 7.35. The molecule has 0 saturated carbocycles. The van der Waals surface area contributed by atoms with Crippen LogP contribution >= 0.6 is 0 Å². The van der Waals surface area contributed by atoms with Gasteiger partial charge >= 0.3 is 0 Å². The van der Waals surface area contributed by atoms with Gasteiger partial charge < -0.3 is 15.0 Å². The number of carbonyl (C=O) groups excluding carboxylic acids is 2.